The molecule has 0 radical (unpaired) electrons. The van der Waals surface area contributed by atoms with E-state index in [0.717, 1.165) is 76.8 Å². The second kappa shape index (κ2) is 15.8. The van der Waals surface area contributed by atoms with Crippen molar-refractivity contribution in [3.05, 3.63) is 42.5 Å². The number of ether oxygens (including phenoxy) is 6. The minimum atomic E-state index is -0.754. The molecular weight excluding hydrogens is 592 g/mol. The fourth-order valence-corrected chi connectivity index (χ4v) is 7.16. The summed E-state index contributed by atoms with van der Waals surface area (Å²) in [6.45, 7) is 1.87. The molecule has 0 spiro atoms. The van der Waals surface area contributed by atoms with Crippen molar-refractivity contribution < 1.29 is 38.3 Å². The fraction of sp³-hybridized carbons (Fsp3) is 0.719. The van der Waals surface area contributed by atoms with Crippen molar-refractivity contribution in [2.45, 2.75) is 112 Å². The number of aliphatic carboxylic acids is 1. The van der Waals surface area contributed by atoms with Crippen molar-refractivity contribution in [3.63, 3.8) is 0 Å². The molecule has 9 heteroatoms. The minimum Gasteiger partial charge on any atom is -0.491 e. The Morgan fingerprint density at radius 2 is 1.80 bits per heavy atom. The van der Waals surface area contributed by atoms with Gasteiger partial charge in [-0.1, -0.05) is 46.3 Å². The molecule has 4 aliphatic rings. The molecule has 4 fully saturated rings. The molecule has 3 aliphatic heterocycles. The average Bonchev–Trinajstić information content (AvgIpc) is 3.54. The van der Waals surface area contributed by atoms with E-state index in [-0.39, 0.29) is 54.2 Å². The van der Waals surface area contributed by atoms with Crippen LogP contribution >= 0.6 is 15.9 Å². The Balaban J connectivity index is 1.27. The molecule has 1 aliphatic carbocycles. The average molecular weight is 638 g/mol. The predicted octanol–water partition coefficient (Wildman–Crippen LogP) is 6.26. The standard InChI is InChI=1S/C32H45BrO8/c33-26(11-8-12-30(34)35)29-19-25-24(27(20-28(25)40-29)41-32-14-5-7-18-37-32)16-15-23(39-31-13-4-6-17-36-31)21-38-22-9-2-1-3-10-22/h1-3,9-10,15-16,23-29,31-32H,4-8,11-14,17-21H2,(H,34,35)/t23-,24-,25-,26?,27-,28-,29?,31?,32?/m1/s1. The van der Waals surface area contributed by atoms with E-state index >= 15 is 0 Å². The van der Waals surface area contributed by atoms with Crippen LogP contribution in [-0.2, 0) is 28.5 Å². The Morgan fingerprint density at radius 1 is 1.05 bits per heavy atom. The highest BCUT2D eigenvalue weighted by Crippen LogP contribution is 2.47. The van der Waals surface area contributed by atoms with Gasteiger partial charge in [-0.25, -0.2) is 0 Å². The lowest BCUT2D eigenvalue weighted by molar-refractivity contribution is -0.194. The van der Waals surface area contributed by atoms with Crippen LogP contribution in [0.25, 0.3) is 0 Å². The third-order valence-corrected chi connectivity index (χ3v) is 9.68. The van der Waals surface area contributed by atoms with Gasteiger partial charge < -0.3 is 33.5 Å². The van der Waals surface area contributed by atoms with Crippen molar-refractivity contribution in [2.24, 2.45) is 11.8 Å². The van der Waals surface area contributed by atoms with Crippen LogP contribution < -0.4 is 4.74 Å². The molecule has 8 nitrogen and oxygen atoms in total. The van der Waals surface area contributed by atoms with Crippen LogP contribution in [0.15, 0.2) is 42.5 Å². The number of para-hydroxylation sites is 1. The van der Waals surface area contributed by atoms with Crippen LogP contribution in [0.3, 0.4) is 0 Å². The summed E-state index contributed by atoms with van der Waals surface area (Å²) in [5.74, 6) is 0.528. The lowest BCUT2D eigenvalue weighted by Gasteiger charge is -2.30. The molecule has 41 heavy (non-hydrogen) atoms. The lowest BCUT2D eigenvalue weighted by Crippen LogP contribution is -2.33. The fourth-order valence-electron chi connectivity index (χ4n) is 6.49. The Kier molecular flexibility index (Phi) is 11.9. The Bertz CT molecular complexity index is 948. The molecule has 1 N–H and O–H groups in total. The molecule has 3 saturated heterocycles. The van der Waals surface area contributed by atoms with E-state index in [1.54, 1.807) is 0 Å². The maximum absolute atomic E-state index is 11.0. The van der Waals surface area contributed by atoms with E-state index < -0.39 is 5.97 Å². The quantitative estimate of drug-likeness (QED) is 0.189. The zero-order valence-electron chi connectivity index (χ0n) is 23.8. The first kappa shape index (κ1) is 31.0. The summed E-state index contributed by atoms with van der Waals surface area (Å²) < 4.78 is 37.5. The molecule has 4 unspecified atom stereocenters. The monoisotopic (exact) mass is 636 g/mol. The topological polar surface area (TPSA) is 92.7 Å². The molecule has 9 atom stereocenters. The molecule has 1 aromatic carbocycles. The SMILES string of the molecule is O=C(O)CCCC(Br)C1C[C@@H]2[C@@H](C=C[C@H](COc3ccccc3)OC3CCCCO3)[C@H](OC3CCCCO3)C[C@H]2O1. The Labute approximate surface area is 252 Å². The number of fused-ring (bicyclic) bond motifs is 1. The number of carbonyl (C=O) groups is 1. The molecule has 1 aromatic rings. The van der Waals surface area contributed by atoms with Crippen molar-refractivity contribution in [2.75, 3.05) is 19.8 Å². The number of carboxylic acids is 1. The summed E-state index contributed by atoms with van der Waals surface area (Å²) in [4.78, 5) is 11.1. The largest absolute Gasteiger partial charge is 0.491 e. The third-order valence-electron chi connectivity index (χ3n) is 8.63. The van der Waals surface area contributed by atoms with E-state index in [9.17, 15) is 4.79 Å². The molecule has 0 amide bonds. The number of hydrogen-bond donors (Lipinski definition) is 1. The highest BCUT2D eigenvalue weighted by atomic mass is 79.9. The number of alkyl halides is 1. The van der Waals surface area contributed by atoms with Crippen molar-refractivity contribution in [1.29, 1.82) is 0 Å². The Hall–Kier alpha value is -1.49. The van der Waals surface area contributed by atoms with Crippen molar-refractivity contribution in [3.8, 4) is 5.75 Å². The van der Waals surface area contributed by atoms with Crippen LogP contribution in [0, 0.1) is 11.8 Å². The van der Waals surface area contributed by atoms with Crippen LogP contribution in [0.4, 0.5) is 0 Å². The van der Waals surface area contributed by atoms with Crippen LogP contribution in [0.5, 0.6) is 5.75 Å². The van der Waals surface area contributed by atoms with Gasteiger partial charge in [-0.05, 0) is 75.8 Å². The second-order valence-corrected chi connectivity index (χ2v) is 12.9. The number of carboxylic acid groups (broad SMARTS) is 1. The maximum atomic E-state index is 11.0. The molecule has 0 aromatic heterocycles. The number of halogens is 1. The summed E-state index contributed by atoms with van der Waals surface area (Å²) in [5, 5.41) is 9.03. The lowest BCUT2D eigenvalue weighted by atomic mass is 9.89. The van der Waals surface area contributed by atoms with Crippen molar-refractivity contribution >= 4 is 21.9 Å². The summed E-state index contributed by atoms with van der Waals surface area (Å²) in [6, 6.07) is 9.82. The van der Waals surface area contributed by atoms with Gasteiger partial charge in [-0.2, -0.15) is 0 Å². The van der Waals surface area contributed by atoms with Crippen LogP contribution in [0.1, 0.15) is 70.6 Å². The van der Waals surface area contributed by atoms with Gasteiger partial charge in [0.05, 0.1) is 18.3 Å². The van der Waals surface area contributed by atoms with Gasteiger partial charge in [-0.3, -0.25) is 4.79 Å². The van der Waals surface area contributed by atoms with Gasteiger partial charge in [-0.15, -0.1) is 0 Å². The first-order valence-corrected chi connectivity index (χ1v) is 16.4. The van der Waals surface area contributed by atoms with Gasteiger partial charge >= 0.3 is 5.97 Å². The first-order valence-electron chi connectivity index (χ1n) is 15.5. The van der Waals surface area contributed by atoms with Crippen molar-refractivity contribution in [1.82, 2.24) is 0 Å². The zero-order valence-corrected chi connectivity index (χ0v) is 25.4. The summed E-state index contributed by atoms with van der Waals surface area (Å²) in [7, 11) is 0. The highest BCUT2D eigenvalue weighted by Gasteiger charge is 2.51. The molecule has 3 heterocycles. The van der Waals surface area contributed by atoms with E-state index in [0.29, 0.717) is 18.9 Å². The van der Waals surface area contributed by atoms with Gasteiger partial charge in [0.1, 0.15) is 18.5 Å². The van der Waals surface area contributed by atoms with E-state index in [1.165, 1.54) is 0 Å². The van der Waals surface area contributed by atoms with Gasteiger partial charge in [0.25, 0.3) is 0 Å². The highest BCUT2D eigenvalue weighted by molar-refractivity contribution is 9.09. The van der Waals surface area contributed by atoms with Gasteiger partial charge in [0.2, 0.25) is 0 Å². The van der Waals surface area contributed by atoms with E-state index in [1.807, 2.05) is 30.3 Å². The summed E-state index contributed by atoms with van der Waals surface area (Å²) >= 11 is 3.80. The number of hydrogen-bond acceptors (Lipinski definition) is 7. The van der Waals surface area contributed by atoms with E-state index in [4.69, 9.17) is 33.5 Å². The second-order valence-electron chi connectivity index (χ2n) is 11.7. The first-order chi connectivity index (χ1) is 20.0. The summed E-state index contributed by atoms with van der Waals surface area (Å²) in [5.41, 5.74) is 0. The normalized spacial score (nSPS) is 33.4. The predicted molar refractivity (Wildman–Crippen MR) is 157 cm³/mol. The molecule has 5 rings (SSSR count). The zero-order chi connectivity index (χ0) is 28.4. The molecule has 228 valence electrons. The number of rotatable bonds is 14. The molecular formula is C32H45BrO8. The third kappa shape index (κ3) is 9.25. The molecule has 1 saturated carbocycles. The van der Waals surface area contributed by atoms with E-state index in [2.05, 4.69) is 28.1 Å². The minimum absolute atomic E-state index is 0.00714. The van der Waals surface area contributed by atoms with Crippen LogP contribution in [-0.4, -0.2) is 72.7 Å². The van der Waals surface area contributed by atoms with Crippen LogP contribution in [0.2, 0.25) is 0 Å². The molecule has 0 bridgehead atoms. The Morgan fingerprint density at radius 3 is 2.51 bits per heavy atom. The number of benzene rings is 1. The summed E-state index contributed by atoms with van der Waals surface area (Å²) in [6.07, 6.45) is 13.4. The smallest absolute Gasteiger partial charge is 0.303 e. The van der Waals surface area contributed by atoms with Gasteiger partial charge in [0, 0.05) is 36.8 Å². The van der Waals surface area contributed by atoms with Gasteiger partial charge in [0.15, 0.2) is 12.6 Å². The maximum Gasteiger partial charge on any atom is 0.303 e.